The van der Waals surface area contributed by atoms with Crippen LogP contribution in [0.2, 0.25) is 0 Å². The summed E-state index contributed by atoms with van der Waals surface area (Å²) in [5.41, 5.74) is 0. The van der Waals surface area contributed by atoms with Crippen LogP contribution < -0.4 is 0 Å². The van der Waals surface area contributed by atoms with Crippen molar-refractivity contribution < 1.29 is 18.7 Å². The molecule has 0 aliphatic heterocycles. The maximum absolute atomic E-state index is 11.9. The Kier molecular flexibility index (Phi) is 3.61. The molecule has 1 fully saturated rings. The lowest BCUT2D eigenvalue weighted by Gasteiger charge is -2.05. The lowest BCUT2D eigenvalue weighted by atomic mass is 10.0. The first-order valence-corrected chi connectivity index (χ1v) is 5.92. The number of furan rings is 1. The molecule has 0 aromatic carbocycles. The molecule has 1 heterocycles. The Bertz CT molecular complexity index is 413. The molecule has 4 heteroatoms. The average molecular weight is 236 g/mol. The molecule has 0 bridgehead atoms. The highest BCUT2D eigenvalue weighted by Crippen LogP contribution is 2.28. The molecule has 1 aromatic rings. The van der Waals surface area contributed by atoms with Gasteiger partial charge in [-0.1, -0.05) is 25.7 Å². The van der Waals surface area contributed by atoms with Crippen molar-refractivity contribution in [1.82, 2.24) is 0 Å². The summed E-state index contributed by atoms with van der Waals surface area (Å²) in [6.07, 6.45) is 5.19. The van der Waals surface area contributed by atoms with Gasteiger partial charge in [-0.25, -0.2) is 4.79 Å². The summed E-state index contributed by atoms with van der Waals surface area (Å²) in [6.45, 7) is 0. The molecule has 1 saturated carbocycles. The lowest BCUT2D eigenvalue weighted by molar-refractivity contribution is 0.0563. The number of esters is 1. The fraction of sp³-hybridized carbons (Fsp3) is 0.538. The molecule has 1 aliphatic rings. The molecule has 17 heavy (non-hydrogen) atoms. The van der Waals surface area contributed by atoms with E-state index in [0.717, 1.165) is 12.8 Å². The molecule has 0 atom stereocenters. The van der Waals surface area contributed by atoms with Crippen LogP contribution in [0.4, 0.5) is 0 Å². The predicted octanol–water partition coefficient (Wildman–Crippen LogP) is 2.83. The first-order valence-electron chi connectivity index (χ1n) is 5.92. The number of carbonyl (C=O) groups excluding carboxylic acids is 2. The fourth-order valence-corrected chi connectivity index (χ4v) is 2.28. The number of hydrogen-bond donors (Lipinski definition) is 0. The SMILES string of the molecule is COC(=O)c1ccc(C(=O)CC2CCCC2)o1. The van der Waals surface area contributed by atoms with Gasteiger partial charge >= 0.3 is 5.97 Å². The zero-order valence-corrected chi connectivity index (χ0v) is 9.90. The summed E-state index contributed by atoms with van der Waals surface area (Å²) in [6, 6.07) is 3.03. The van der Waals surface area contributed by atoms with E-state index in [4.69, 9.17) is 4.42 Å². The second-order valence-electron chi connectivity index (χ2n) is 4.43. The second kappa shape index (κ2) is 5.17. The smallest absolute Gasteiger partial charge is 0.373 e. The van der Waals surface area contributed by atoms with Gasteiger partial charge in [-0.2, -0.15) is 0 Å². The van der Waals surface area contributed by atoms with Crippen LogP contribution in [-0.4, -0.2) is 18.9 Å². The van der Waals surface area contributed by atoms with Gasteiger partial charge in [0.05, 0.1) is 7.11 Å². The number of Topliss-reactive ketones (excluding diaryl/α,β-unsaturated/α-hetero) is 1. The lowest BCUT2D eigenvalue weighted by Crippen LogP contribution is -2.05. The topological polar surface area (TPSA) is 56.5 Å². The Morgan fingerprint density at radius 1 is 1.29 bits per heavy atom. The molecule has 0 spiro atoms. The van der Waals surface area contributed by atoms with Crippen molar-refractivity contribution in [3.05, 3.63) is 23.7 Å². The highest BCUT2D eigenvalue weighted by molar-refractivity contribution is 5.95. The van der Waals surface area contributed by atoms with Gasteiger partial charge in [-0.3, -0.25) is 4.79 Å². The highest BCUT2D eigenvalue weighted by Gasteiger charge is 2.22. The van der Waals surface area contributed by atoms with Gasteiger partial charge in [-0.15, -0.1) is 0 Å². The normalized spacial score (nSPS) is 16.1. The van der Waals surface area contributed by atoms with Gasteiger partial charge in [0.2, 0.25) is 5.76 Å². The first-order chi connectivity index (χ1) is 8.20. The number of ketones is 1. The summed E-state index contributed by atoms with van der Waals surface area (Å²) in [4.78, 5) is 23.0. The summed E-state index contributed by atoms with van der Waals surface area (Å²) >= 11 is 0. The van der Waals surface area contributed by atoms with Gasteiger partial charge in [0.25, 0.3) is 0 Å². The minimum atomic E-state index is -0.551. The van der Waals surface area contributed by atoms with E-state index in [-0.39, 0.29) is 17.3 Å². The summed E-state index contributed by atoms with van der Waals surface area (Å²) in [5, 5.41) is 0. The Morgan fingerprint density at radius 3 is 2.59 bits per heavy atom. The van der Waals surface area contributed by atoms with Crippen LogP contribution in [0.5, 0.6) is 0 Å². The third-order valence-corrected chi connectivity index (χ3v) is 3.22. The number of carbonyl (C=O) groups is 2. The van der Waals surface area contributed by atoms with Crippen LogP contribution in [0.3, 0.4) is 0 Å². The average Bonchev–Trinajstić information content (AvgIpc) is 2.98. The minimum absolute atomic E-state index is 0.0212. The van der Waals surface area contributed by atoms with E-state index >= 15 is 0 Å². The number of rotatable bonds is 4. The van der Waals surface area contributed by atoms with E-state index in [1.807, 2.05) is 0 Å². The maximum atomic E-state index is 11.9. The second-order valence-corrected chi connectivity index (χ2v) is 4.43. The van der Waals surface area contributed by atoms with E-state index in [1.54, 1.807) is 6.07 Å². The van der Waals surface area contributed by atoms with E-state index < -0.39 is 5.97 Å². The Hall–Kier alpha value is -1.58. The van der Waals surface area contributed by atoms with Crippen molar-refractivity contribution in [1.29, 1.82) is 0 Å². The van der Waals surface area contributed by atoms with Crippen LogP contribution >= 0.6 is 0 Å². The molecular formula is C13H16O4. The van der Waals surface area contributed by atoms with Crippen molar-refractivity contribution in [2.24, 2.45) is 5.92 Å². The fourth-order valence-electron chi connectivity index (χ4n) is 2.28. The molecule has 0 unspecified atom stereocenters. The predicted molar refractivity (Wildman–Crippen MR) is 61.0 cm³/mol. The Balaban J connectivity index is 1.99. The van der Waals surface area contributed by atoms with Crippen molar-refractivity contribution >= 4 is 11.8 Å². The Labute approximate surface area is 99.9 Å². The first kappa shape index (κ1) is 11.9. The van der Waals surface area contributed by atoms with Gasteiger partial charge in [0.15, 0.2) is 11.5 Å². The van der Waals surface area contributed by atoms with Crippen molar-refractivity contribution in [3.8, 4) is 0 Å². The molecule has 1 aliphatic carbocycles. The van der Waals surface area contributed by atoms with Crippen molar-refractivity contribution in [2.45, 2.75) is 32.1 Å². The summed E-state index contributed by atoms with van der Waals surface area (Å²) < 4.78 is 9.70. The zero-order valence-electron chi connectivity index (χ0n) is 9.90. The van der Waals surface area contributed by atoms with Crippen molar-refractivity contribution in [2.75, 3.05) is 7.11 Å². The molecule has 92 valence electrons. The van der Waals surface area contributed by atoms with Crippen LogP contribution in [0, 0.1) is 5.92 Å². The largest absolute Gasteiger partial charge is 0.463 e. The quantitative estimate of drug-likeness (QED) is 0.595. The molecular weight excluding hydrogens is 220 g/mol. The summed E-state index contributed by atoms with van der Waals surface area (Å²) in [5.74, 6) is 0.255. The molecule has 0 amide bonds. The molecule has 1 aromatic heterocycles. The van der Waals surface area contributed by atoms with Gasteiger partial charge in [0, 0.05) is 6.42 Å². The van der Waals surface area contributed by atoms with E-state index in [0.29, 0.717) is 12.3 Å². The van der Waals surface area contributed by atoms with Gasteiger partial charge in [0.1, 0.15) is 0 Å². The zero-order chi connectivity index (χ0) is 12.3. The van der Waals surface area contributed by atoms with Crippen LogP contribution in [0.1, 0.15) is 53.2 Å². The van der Waals surface area contributed by atoms with E-state index in [9.17, 15) is 9.59 Å². The molecule has 0 radical (unpaired) electrons. The Morgan fingerprint density at radius 2 is 1.94 bits per heavy atom. The third-order valence-electron chi connectivity index (χ3n) is 3.22. The molecule has 0 N–H and O–H groups in total. The number of hydrogen-bond acceptors (Lipinski definition) is 4. The highest BCUT2D eigenvalue weighted by atomic mass is 16.5. The minimum Gasteiger partial charge on any atom is -0.463 e. The molecule has 0 saturated heterocycles. The molecule has 4 nitrogen and oxygen atoms in total. The standard InChI is InChI=1S/C13H16O4/c1-16-13(15)12-7-6-11(17-12)10(14)8-9-4-2-3-5-9/h6-7,9H,2-5,8H2,1H3. The van der Waals surface area contributed by atoms with E-state index in [1.165, 1.54) is 26.0 Å². The monoisotopic (exact) mass is 236 g/mol. The van der Waals surface area contributed by atoms with Crippen LogP contribution in [-0.2, 0) is 4.74 Å². The summed E-state index contributed by atoms with van der Waals surface area (Å²) in [7, 11) is 1.28. The van der Waals surface area contributed by atoms with E-state index in [2.05, 4.69) is 4.74 Å². The number of ether oxygens (including phenoxy) is 1. The molecule has 2 rings (SSSR count). The third kappa shape index (κ3) is 2.75. The maximum Gasteiger partial charge on any atom is 0.373 e. The van der Waals surface area contributed by atoms with Crippen molar-refractivity contribution in [3.63, 3.8) is 0 Å². The number of methoxy groups -OCH3 is 1. The van der Waals surface area contributed by atoms with Crippen LogP contribution in [0.25, 0.3) is 0 Å². The van der Waals surface area contributed by atoms with Gasteiger partial charge in [-0.05, 0) is 18.1 Å². The van der Waals surface area contributed by atoms with Crippen LogP contribution in [0.15, 0.2) is 16.5 Å². The van der Waals surface area contributed by atoms with Gasteiger partial charge < -0.3 is 9.15 Å².